The number of aromatic nitrogens is 3. The molecule has 5 nitrogen and oxygen atoms in total. The number of nitrogens with zero attached hydrogens (tertiary/aromatic N) is 3. The van der Waals surface area contributed by atoms with Crippen molar-refractivity contribution in [3.05, 3.63) is 503 Å². The van der Waals surface area contributed by atoms with Crippen molar-refractivity contribution in [1.29, 1.82) is 0 Å². The third kappa shape index (κ3) is 16.0. The molecule has 0 spiro atoms. The van der Waals surface area contributed by atoms with Crippen LogP contribution >= 0.6 is 43.2 Å². The summed E-state index contributed by atoms with van der Waals surface area (Å²) < 4.78 is 24.9. The van der Waals surface area contributed by atoms with Crippen LogP contribution in [0.25, 0.3) is 192 Å². The Hall–Kier alpha value is -15.0. The van der Waals surface area contributed by atoms with Crippen molar-refractivity contribution in [3.8, 4) is 106 Å². The molecule has 0 atom stereocenters. The zero-order valence-electron chi connectivity index (χ0n) is 76.9. The standard InChI is InChI=1S/2C37H25N.C30H28BNO2.C13H9Br.C12H7BrS/c2*1-2-8-25(9-3-1)26-14-18-31(19-15-26)38-36-13-7-6-12-34(36)35-21-17-28(24-37(35)38)27-16-20-33-30(22-27)23-29-10-4-5-11-32(29)33;1-29(2)30(3,4)34-31(33-29)23-16-19-26-25-12-8-9-13-27(25)32(28(26)20-23)24-17-14-22(15-18-24)21-10-6-5-7-11-21;14-11-5-6-13-10(8-11)7-9-3-1-2-4-12(9)13;13-8-5-6-12-10(7-8)9-3-1-2-4-11(9)14-12/h2*1-22,24H,23H2;5-20H,1-4H3;1-6,8H,7H2;1-7H. The fourth-order valence-electron chi connectivity index (χ4n) is 21.0. The van der Waals surface area contributed by atoms with Gasteiger partial charge in [-0.3, -0.25) is 0 Å². The number of para-hydroxylation sites is 3. The first-order valence-electron chi connectivity index (χ1n) is 47.5. The molecule has 4 aromatic heterocycles. The van der Waals surface area contributed by atoms with E-state index < -0.39 is 0 Å². The fourth-order valence-corrected chi connectivity index (χ4v) is 22.9. The van der Waals surface area contributed by atoms with Crippen LogP contribution in [0.15, 0.2) is 470 Å². The average molecular weight is 1920 g/mol. The highest BCUT2D eigenvalue weighted by Gasteiger charge is 2.52. The fraction of sp³-hybridized carbons (Fsp3) is 0.0698. The SMILES string of the molecule is Brc1ccc2c(c1)Cc1ccccc1-2.Brc1ccc2sc3ccccc3c2c1.CC1(C)OB(c2ccc3c4ccccc4n(-c4ccc(-c5ccccc5)cc4)c3c2)OC1(C)C.c1ccc(-c2ccc(-n3c4ccccc4c4ccc(-c5ccc6c(c5)Cc5ccccc5-6)cc43)cc2)cc1.c1ccc(-c2ccc(-n3c4ccccc4c4ccc(-c5ccc6c(c5)Cc5ccccc5-6)cc43)cc2)cc1. The van der Waals surface area contributed by atoms with Crippen LogP contribution in [-0.2, 0) is 28.6 Å². The summed E-state index contributed by atoms with van der Waals surface area (Å²) in [4.78, 5) is 0. The average Bonchev–Trinajstić information content (AvgIpc) is 1.59. The zero-order chi connectivity index (χ0) is 92.7. The van der Waals surface area contributed by atoms with Gasteiger partial charge in [-0.2, -0.15) is 0 Å². The first-order valence-corrected chi connectivity index (χ1v) is 49.9. The normalized spacial score (nSPS) is 13.2. The molecule has 9 heteroatoms. The van der Waals surface area contributed by atoms with Crippen LogP contribution in [0, 0.1) is 0 Å². The second kappa shape index (κ2) is 35.9. The number of hydrogen-bond acceptors (Lipinski definition) is 3. The minimum Gasteiger partial charge on any atom is -0.399 e. The van der Waals surface area contributed by atoms with Crippen molar-refractivity contribution in [3.63, 3.8) is 0 Å². The minimum atomic E-state index is -0.388. The van der Waals surface area contributed by atoms with Crippen molar-refractivity contribution >= 4 is 141 Å². The van der Waals surface area contributed by atoms with E-state index in [-0.39, 0.29) is 18.3 Å². The van der Waals surface area contributed by atoms with Crippen molar-refractivity contribution < 1.29 is 9.31 Å². The van der Waals surface area contributed by atoms with Gasteiger partial charge in [0.2, 0.25) is 0 Å². The van der Waals surface area contributed by atoms with Crippen molar-refractivity contribution in [2.24, 2.45) is 0 Å². The lowest BCUT2D eigenvalue weighted by Crippen LogP contribution is -2.41. The van der Waals surface area contributed by atoms with Crippen molar-refractivity contribution in [1.82, 2.24) is 13.7 Å². The summed E-state index contributed by atoms with van der Waals surface area (Å²) in [7, 11) is -0.388. The maximum atomic E-state index is 6.35. The summed E-state index contributed by atoms with van der Waals surface area (Å²) in [5, 5.41) is 10.3. The van der Waals surface area contributed by atoms with Gasteiger partial charge in [-0.1, -0.05) is 384 Å². The molecule has 138 heavy (non-hydrogen) atoms. The molecule has 0 radical (unpaired) electrons. The minimum absolute atomic E-state index is 0.368. The quantitative estimate of drug-likeness (QED) is 0.135. The van der Waals surface area contributed by atoms with Gasteiger partial charge in [0, 0.05) is 78.5 Å². The monoisotopic (exact) mass is 1920 g/mol. The van der Waals surface area contributed by atoms with Crippen LogP contribution in [0.4, 0.5) is 0 Å². The van der Waals surface area contributed by atoms with Crippen LogP contribution in [-0.4, -0.2) is 32.0 Å². The summed E-state index contributed by atoms with van der Waals surface area (Å²) in [6.45, 7) is 8.38. The van der Waals surface area contributed by atoms with Crippen LogP contribution in [0.1, 0.15) is 61.1 Å². The maximum Gasteiger partial charge on any atom is 0.494 e. The maximum absolute atomic E-state index is 6.35. The summed E-state index contributed by atoms with van der Waals surface area (Å²) in [5.41, 5.74) is 40.4. The number of rotatable bonds is 9. The summed E-state index contributed by atoms with van der Waals surface area (Å²) in [5.74, 6) is 0. The predicted octanol–water partition coefficient (Wildman–Crippen LogP) is 35.0. The molecular formula is C129H94BBr2N3O2S. The van der Waals surface area contributed by atoms with Crippen LogP contribution in [0.2, 0.25) is 0 Å². The van der Waals surface area contributed by atoms with Gasteiger partial charge in [-0.15, -0.1) is 11.3 Å². The topological polar surface area (TPSA) is 33.2 Å². The largest absolute Gasteiger partial charge is 0.494 e. The molecule has 0 unspecified atom stereocenters. The van der Waals surface area contributed by atoms with E-state index in [2.05, 4.69) is 528 Å². The molecule has 0 bridgehead atoms. The second-order valence-electron chi connectivity index (χ2n) is 37.4. The first kappa shape index (κ1) is 85.9. The van der Waals surface area contributed by atoms with E-state index in [1.807, 2.05) is 17.4 Å². The molecule has 1 aliphatic heterocycles. The molecule has 0 N–H and O–H groups in total. The van der Waals surface area contributed by atoms with E-state index >= 15 is 0 Å². The highest BCUT2D eigenvalue weighted by atomic mass is 79.9. The summed E-state index contributed by atoms with van der Waals surface area (Å²) in [6.07, 6.45) is 3.09. The third-order valence-corrected chi connectivity index (χ3v) is 30.8. The summed E-state index contributed by atoms with van der Waals surface area (Å²) in [6, 6.07) is 167. The Labute approximate surface area is 825 Å². The number of hydrogen-bond donors (Lipinski definition) is 0. The van der Waals surface area contributed by atoms with E-state index in [9.17, 15) is 0 Å². The zero-order valence-corrected chi connectivity index (χ0v) is 80.9. The number of halogens is 2. The van der Waals surface area contributed by atoms with E-state index in [4.69, 9.17) is 9.31 Å². The molecule has 3 aliphatic carbocycles. The van der Waals surface area contributed by atoms with Crippen molar-refractivity contribution in [2.75, 3.05) is 0 Å². The molecule has 0 saturated carbocycles. The summed E-state index contributed by atoms with van der Waals surface area (Å²) >= 11 is 8.87. The Kier molecular flexibility index (Phi) is 22.3. The molecule has 5 heterocycles. The molecule has 20 aromatic carbocycles. The Bertz CT molecular complexity index is 8510. The van der Waals surface area contributed by atoms with E-state index in [1.165, 1.54) is 218 Å². The number of fused-ring (bicyclic) bond motifs is 21. The number of benzene rings is 20. The van der Waals surface area contributed by atoms with Crippen LogP contribution < -0.4 is 5.46 Å². The molecular weight excluding hydrogens is 1830 g/mol. The molecule has 1 fully saturated rings. The van der Waals surface area contributed by atoms with Gasteiger partial charge in [0.25, 0.3) is 0 Å². The molecule has 4 aliphatic rings. The first-order chi connectivity index (χ1) is 67.7. The number of thiophene rings is 1. The molecule has 0 amide bonds. The van der Waals surface area contributed by atoms with Gasteiger partial charge in [0.15, 0.2) is 0 Å². The van der Waals surface area contributed by atoms with E-state index in [0.717, 1.165) is 40.4 Å². The van der Waals surface area contributed by atoms with Gasteiger partial charge >= 0.3 is 7.12 Å². The Balaban J connectivity index is 0.0000000987. The Morgan fingerprint density at radius 1 is 0.217 bits per heavy atom. The van der Waals surface area contributed by atoms with Crippen LogP contribution in [0.5, 0.6) is 0 Å². The highest BCUT2D eigenvalue weighted by molar-refractivity contribution is 9.10. The molecule has 1 saturated heterocycles. The third-order valence-electron chi connectivity index (χ3n) is 28.6. The Morgan fingerprint density at radius 3 is 0.935 bits per heavy atom. The second-order valence-corrected chi connectivity index (χ2v) is 40.3. The molecule has 660 valence electrons. The van der Waals surface area contributed by atoms with Gasteiger partial charge in [-0.05, 0) is 284 Å². The highest BCUT2D eigenvalue weighted by Crippen LogP contribution is 2.47. The lowest BCUT2D eigenvalue weighted by molar-refractivity contribution is 0.00578. The van der Waals surface area contributed by atoms with Crippen LogP contribution in [0.3, 0.4) is 0 Å². The van der Waals surface area contributed by atoms with E-state index in [1.54, 1.807) is 0 Å². The lowest BCUT2D eigenvalue weighted by Gasteiger charge is -2.32. The smallest absolute Gasteiger partial charge is 0.399 e. The van der Waals surface area contributed by atoms with Gasteiger partial charge in [0.05, 0.1) is 44.3 Å². The predicted molar refractivity (Wildman–Crippen MR) is 591 cm³/mol. The van der Waals surface area contributed by atoms with Crippen molar-refractivity contribution in [2.45, 2.75) is 58.2 Å². The van der Waals surface area contributed by atoms with Gasteiger partial charge in [0.1, 0.15) is 0 Å². The Morgan fingerprint density at radius 2 is 0.507 bits per heavy atom. The van der Waals surface area contributed by atoms with E-state index in [0.29, 0.717) is 0 Å². The van der Waals surface area contributed by atoms with Gasteiger partial charge < -0.3 is 23.0 Å². The van der Waals surface area contributed by atoms with Gasteiger partial charge in [-0.25, -0.2) is 0 Å². The lowest BCUT2D eigenvalue weighted by atomic mass is 9.79. The molecule has 28 rings (SSSR count). The molecule has 24 aromatic rings.